The van der Waals surface area contributed by atoms with Crippen molar-refractivity contribution in [2.24, 2.45) is 0 Å². The van der Waals surface area contributed by atoms with E-state index in [1.807, 2.05) is 23.1 Å². The highest BCUT2D eigenvalue weighted by molar-refractivity contribution is 14.1. The lowest BCUT2D eigenvalue weighted by Gasteiger charge is -1.88. The van der Waals surface area contributed by atoms with Crippen molar-refractivity contribution < 1.29 is 0 Å². The summed E-state index contributed by atoms with van der Waals surface area (Å²) < 4.78 is 4.23. The number of rotatable bonds is 1. The van der Waals surface area contributed by atoms with Gasteiger partial charge in [-0.25, -0.2) is 0 Å². The van der Waals surface area contributed by atoms with Gasteiger partial charge in [0.25, 0.3) is 0 Å². The van der Waals surface area contributed by atoms with E-state index in [4.69, 9.17) is 0 Å². The first-order valence-electron chi connectivity index (χ1n) is 3.54. The van der Waals surface area contributed by atoms with Gasteiger partial charge in [-0.15, -0.1) is 23.1 Å². The minimum absolute atomic E-state index is 1.39. The van der Waals surface area contributed by atoms with Crippen LogP contribution in [0.25, 0.3) is 10.1 Å². The predicted molar refractivity (Wildman–Crippen MR) is 66.3 cm³/mol. The summed E-state index contributed by atoms with van der Waals surface area (Å²) in [6.45, 7) is 0. The van der Waals surface area contributed by atoms with Gasteiger partial charge in [0, 0.05) is 13.7 Å². The van der Waals surface area contributed by atoms with Gasteiger partial charge in [-0.3, -0.25) is 0 Å². The summed E-state index contributed by atoms with van der Waals surface area (Å²) in [7, 11) is 0. The molecule has 0 aliphatic heterocycles. The average molecular weight is 306 g/mol. The summed E-state index contributed by atoms with van der Waals surface area (Å²) in [5.74, 6) is 0. The molecule has 1 heterocycles. The molecule has 12 heavy (non-hydrogen) atoms. The fourth-order valence-corrected chi connectivity index (χ4v) is 4.48. The van der Waals surface area contributed by atoms with Crippen LogP contribution in [0.1, 0.15) is 0 Å². The van der Waals surface area contributed by atoms with E-state index in [1.54, 1.807) is 0 Å². The van der Waals surface area contributed by atoms with Gasteiger partial charge in [-0.2, -0.15) is 0 Å². The Kier molecular flexibility index (Phi) is 2.62. The molecule has 0 nitrogen and oxygen atoms in total. The third kappa shape index (κ3) is 1.38. The molecule has 62 valence electrons. The molecule has 1 aromatic carbocycles. The monoisotopic (exact) mass is 306 g/mol. The number of thioether (sulfide) groups is 1. The lowest BCUT2D eigenvalue weighted by molar-refractivity contribution is 1.67. The molecule has 0 spiro atoms. The molecular weight excluding hydrogens is 299 g/mol. The first kappa shape index (κ1) is 8.84. The molecule has 0 radical (unpaired) electrons. The zero-order valence-electron chi connectivity index (χ0n) is 6.50. The van der Waals surface area contributed by atoms with Gasteiger partial charge in [0.05, 0.1) is 4.21 Å². The van der Waals surface area contributed by atoms with E-state index < -0.39 is 0 Å². The molecular formula is C9H7IS2. The molecule has 1 aromatic heterocycles. The van der Waals surface area contributed by atoms with E-state index in [2.05, 4.69) is 53.1 Å². The van der Waals surface area contributed by atoms with Crippen LogP contribution in [0.2, 0.25) is 0 Å². The van der Waals surface area contributed by atoms with E-state index in [0.717, 1.165) is 0 Å². The standard InChI is InChI=1S/C9H7IS2/c1-11-9-8(10)6-4-2-3-5-7(6)12-9/h2-5H,1H3. The lowest BCUT2D eigenvalue weighted by atomic mass is 10.3. The summed E-state index contributed by atoms with van der Waals surface area (Å²) >= 11 is 6.14. The second-order valence-electron chi connectivity index (χ2n) is 2.40. The Labute approximate surface area is 93.5 Å². The van der Waals surface area contributed by atoms with Crippen molar-refractivity contribution in [2.45, 2.75) is 4.21 Å². The molecule has 3 heteroatoms. The molecule has 0 N–H and O–H groups in total. The SMILES string of the molecule is CSc1sc2ccccc2c1I. The molecule has 0 fully saturated rings. The topological polar surface area (TPSA) is 0 Å². The Balaban J connectivity index is 2.78. The van der Waals surface area contributed by atoms with Gasteiger partial charge in [0.15, 0.2) is 0 Å². The second-order valence-corrected chi connectivity index (χ2v) is 5.61. The Bertz CT molecular complexity index is 406. The summed E-state index contributed by atoms with van der Waals surface area (Å²) in [5.41, 5.74) is 0. The maximum Gasteiger partial charge on any atom is 0.0742 e. The smallest absolute Gasteiger partial charge is 0.0742 e. The number of fused-ring (bicyclic) bond motifs is 1. The maximum atomic E-state index is 2.42. The zero-order valence-corrected chi connectivity index (χ0v) is 10.3. The van der Waals surface area contributed by atoms with E-state index in [1.165, 1.54) is 17.9 Å². The molecule has 2 aromatic rings. The molecule has 0 amide bonds. The number of hydrogen-bond acceptors (Lipinski definition) is 2. The van der Waals surface area contributed by atoms with Crippen molar-refractivity contribution in [3.05, 3.63) is 27.8 Å². The number of thiophene rings is 1. The summed E-state index contributed by atoms with van der Waals surface area (Å²) in [6, 6.07) is 8.57. The van der Waals surface area contributed by atoms with Crippen molar-refractivity contribution in [2.75, 3.05) is 6.26 Å². The summed E-state index contributed by atoms with van der Waals surface area (Å²) in [5, 5.41) is 1.40. The second kappa shape index (κ2) is 3.55. The van der Waals surface area contributed by atoms with Crippen LogP contribution in [0, 0.1) is 3.57 Å². The Morgan fingerprint density at radius 1 is 1.33 bits per heavy atom. The largest absolute Gasteiger partial charge is 0.128 e. The molecule has 0 saturated carbocycles. The van der Waals surface area contributed by atoms with Gasteiger partial charge >= 0.3 is 0 Å². The van der Waals surface area contributed by atoms with E-state index in [-0.39, 0.29) is 0 Å². The van der Waals surface area contributed by atoms with Crippen LogP contribution in [0.3, 0.4) is 0 Å². The Morgan fingerprint density at radius 2 is 2.08 bits per heavy atom. The predicted octanol–water partition coefficient (Wildman–Crippen LogP) is 4.23. The van der Waals surface area contributed by atoms with Crippen molar-refractivity contribution >= 4 is 55.8 Å². The molecule has 0 saturated heterocycles. The zero-order chi connectivity index (χ0) is 8.55. The van der Waals surface area contributed by atoms with Crippen LogP contribution in [0.5, 0.6) is 0 Å². The quantitative estimate of drug-likeness (QED) is 0.561. The van der Waals surface area contributed by atoms with Crippen molar-refractivity contribution in [3.63, 3.8) is 0 Å². The Hall–Kier alpha value is 0.260. The van der Waals surface area contributed by atoms with Gasteiger partial charge in [0.1, 0.15) is 0 Å². The molecule has 0 bridgehead atoms. The van der Waals surface area contributed by atoms with Crippen LogP contribution in [0.15, 0.2) is 28.5 Å². The van der Waals surface area contributed by atoms with Crippen LogP contribution in [-0.2, 0) is 0 Å². The van der Waals surface area contributed by atoms with Crippen molar-refractivity contribution in [3.8, 4) is 0 Å². The summed E-state index contributed by atoms with van der Waals surface area (Å²) in [6.07, 6.45) is 2.13. The molecule has 2 rings (SSSR count). The van der Waals surface area contributed by atoms with Gasteiger partial charge in [-0.05, 0) is 34.9 Å². The van der Waals surface area contributed by atoms with Gasteiger partial charge < -0.3 is 0 Å². The van der Waals surface area contributed by atoms with Gasteiger partial charge in [-0.1, -0.05) is 18.2 Å². The molecule has 0 unspecified atom stereocenters. The van der Waals surface area contributed by atoms with Crippen LogP contribution >= 0.6 is 45.7 Å². The average Bonchev–Trinajstić information content (AvgIpc) is 2.44. The third-order valence-electron chi connectivity index (χ3n) is 1.69. The number of benzene rings is 1. The lowest BCUT2D eigenvalue weighted by Crippen LogP contribution is -1.66. The van der Waals surface area contributed by atoms with Crippen LogP contribution < -0.4 is 0 Å². The minimum atomic E-state index is 1.39. The fraction of sp³-hybridized carbons (Fsp3) is 0.111. The van der Waals surface area contributed by atoms with Gasteiger partial charge in [0.2, 0.25) is 0 Å². The van der Waals surface area contributed by atoms with E-state index >= 15 is 0 Å². The highest BCUT2D eigenvalue weighted by atomic mass is 127. The molecule has 0 atom stereocenters. The van der Waals surface area contributed by atoms with Crippen LogP contribution in [-0.4, -0.2) is 6.26 Å². The van der Waals surface area contributed by atoms with E-state index in [9.17, 15) is 0 Å². The highest BCUT2D eigenvalue weighted by Gasteiger charge is 2.06. The number of halogens is 1. The van der Waals surface area contributed by atoms with Crippen LogP contribution in [0.4, 0.5) is 0 Å². The highest BCUT2D eigenvalue weighted by Crippen LogP contribution is 2.37. The van der Waals surface area contributed by atoms with Crippen molar-refractivity contribution in [1.29, 1.82) is 0 Å². The third-order valence-corrected chi connectivity index (χ3v) is 5.83. The fourth-order valence-electron chi connectivity index (χ4n) is 1.12. The first-order chi connectivity index (χ1) is 5.83. The van der Waals surface area contributed by atoms with Crippen molar-refractivity contribution in [1.82, 2.24) is 0 Å². The molecule has 0 aliphatic rings. The normalized spacial score (nSPS) is 10.8. The maximum absolute atomic E-state index is 2.42. The van der Waals surface area contributed by atoms with E-state index in [0.29, 0.717) is 0 Å². The number of hydrogen-bond donors (Lipinski definition) is 0. The molecule has 0 aliphatic carbocycles. The minimum Gasteiger partial charge on any atom is -0.128 e. The summed E-state index contributed by atoms with van der Waals surface area (Å²) in [4.78, 5) is 0. The Morgan fingerprint density at radius 3 is 2.75 bits per heavy atom. The first-order valence-corrected chi connectivity index (χ1v) is 6.66.